The number of tetrazole rings is 1. The zero-order valence-corrected chi connectivity index (χ0v) is 15.6. The lowest BCUT2D eigenvalue weighted by Crippen LogP contribution is -2.28. The summed E-state index contributed by atoms with van der Waals surface area (Å²) in [5.74, 6) is -0.195. The molecule has 9 heteroatoms. The monoisotopic (exact) mass is 379 g/mol. The van der Waals surface area contributed by atoms with Crippen molar-refractivity contribution < 1.29 is 14.3 Å². The molecule has 0 unspecified atom stereocenters. The van der Waals surface area contributed by atoms with Gasteiger partial charge in [0.05, 0.1) is 12.5 Å². The van der Waals surface area contributed by atoms with Gasteiger partial charge in [0.15, 0.2) is 12.4 Å². The van der Waals surface area contributed by atoms with Crippen LogP contribution in [-0.2, 0) is 27.5 Å². The number of esters is 1. The predicted molar refractivity (Wildman–Crippen MR) is 95.1 cm³/mol. The van der Waals surface area contributed by atoms with Gasteiger partial charge in [0, 0.05) is 18.5 Å². The second kappa shape index (κ2) is 9.86. The minimum absolute atomic E-state index is 0.00224. The highest BCUT2D eigenvalue weighted by atomic mass is 35.5. The number of ether oxygens (including phenoxy) is 1. The van der Waals surface area contributed by atoms with Gasteiger partial charge in [-0.25, -0.2) is 4.68 Å². The molecule has 0 fully saturated rings. The molecule has 1 atom stereocenters. The summed E-state index contributed by atoms with van der Waals surface area (Å²) < 4.78 is 6.91. The average Bonchev–Trinajstić information content (AvgIpc) is 3.05. The smallest absolute Gasteiger partial charge is 0.308 e. The van der Waals surface area contributed by atoms with Crippen LogP contribution in [0.2, 0.25) is 5.02 Å². The third kappa shape index (κ3) is 6.11. The topological polar surface area (TPSA) is 99.0 Å². The standard InChI is InChI=1S/C17H22ClN5O3/c1-3-4-9-23-16(20-21-22-23)11-26-17(25)10-15(19-12(2)24)13-5-7-14(18)8-6-13/h5-8,15H,3-4,9-11H2,1-2H3,(H,19,24)/t15-/m1/s1. The van der Waals surface area contributed by atoms with Crippen LogP contribution in [0.4, 0.5) is 0 Å². The second-order valence-corrected chi connectivity index (χ2v) is 6.28. The number of unbranched alkanes of at least 4 members (excludes halogenated alkanes) is 1. The fourth-order valence-electron chi connectivity index (χ4n) is 2.37. The molecule has 1 aromatic carbocycles. The first-order valence-corrected chi connectivity index (χ1v) is 8.80. The summed E-state index contributed by atoms with van der Waals surface area (Å²) in [7, 11) is 0. The number of benzene rings is 1. The van der Waals surface area contributed by atoms with E-state index < -0.39 is 12.0 Å². The molecule has 0 aliphatic carbocycles. The van der Waals surface area contributed by atoms with Gasteiger partial charge in [-0.3, -0.25) is 9.59 Å². The molecule has 26 heavy (non-hydrogen) atoms. The third-order valence-electron chi connectivity index (χ3n) is 3.71. The third-order valence-corrected chi connectivity index (χ3v) is 3.96. The molecule has 0 saturated carbocycles. The number of rotatable bonds is 9. The minimum Gasteiger partial charge on any atom is -0.457 e. The summed E-state index contributed by atoms with van der Waals surface area (Å²) in [4.78, 5) is 23.7. The zero-order chi connectivity index (χ0) is 18.9. The fourth-order valence-corrected chi connectivity index (χ4v) is 2.50. The molecular weight excluding hydrogens is 358 g/mol. The van der Waals surface area contributed by atoms with Crippen molar-refractivity contribution >= 4 is 23.5 Å². The summed E-state index contributed by atoms with van der Waals surface area (Å²) in [5.41, 5.74) is 0.773. The molecule has 0 aliphatic heterocycles. The van der Waals surface area contributed by atoms with E-state index in [0.717, 1.165) is 18.4 Å². The number of aryl methyl sites for hydroxylation is 1. The molecule has 2 rings (SSSR count). The van der Waals surface area contributed by atoms with E-state index in [2.05, 4.69) is 27.8 Å². The Kier molecular flexibility index (Phi) is 7.53. The zero-order valence-electron chi connectivity index (χ0n) is 14.8. The van der Waals surface area contributed by atoms with E-state index in [9.17, 15) is 9.59 Å². The number of halogens is 1. The van der Waals surface area contributed by atoms with Gasteiger partial charge >= 0.3 is 5.97 Å². The summed E-state index contributed by atoms with van der Waals surface area (Å²) in [6.45, 7) is 4.14. The van der Waals surface area contributed by atoms with Crippen molar-refractivity contribution in [3.63, 3.8) is 0 Å². The number of amides is 1. The van der Waals surface area contributed by atoms with Crippen LogP contribution in [-0.4, -0.2) is 32.1 Å². The first-order chi connectivity index (χ1) is 12.5. The number of hydrogen-bond acceptors (Lipinski definition) is 6. The number of carbonyl (C=O) groups is 2. The molecule has 0 spiro atoms. The molecule has 1 amide bonds. The SMILES string of the molecule is CCCCn1nnnc1COC(=O)C[C@@H](NC(C)=O)c1ccc(Cl)cc1. The van der Waals surface area contributed by atoms with Gasteiger partial charge < -0.3 is 10.1 Å². The maximum absolute atomic E-state index is 12.2. The van der Waals surface area contributed by atoms with Gasteiger partial charge in [-0.2, -0.15) is 0 Å². The van der Waals surface area contributed by atoms with Crippen LogP contribution in [0.25, 0.3) is 0 Å². The van der Waals surface area contributed by atoms with Crippen LogP contribution < -0.4 is 5.32 Å². The molecule has 8 nitrogen and oxygen atoms in total. The van der Waals surface area contributed by atoms with Crippen LogP contribution in [0.5, 0.6) is 0 Å². The summed E-state index contributed by atoms with van der Waals surface area (Å²) in [6.07, 6.45) is 1.95. The highest BCUT2D eigenvalue weighted by molar-refractivity contribution is 6.30. The lowest BCUT2D eigenvalue weighted by Gasteiger charge is -2.17. The van der Waals surface area contributed by atoms with Gasteiger partial charge in [-0.1, -0.05) is 37.1 Å². The first-order valence-electron chi connectivity index (χ1n) is 8.42. The minimum atomic E-state index is -0.492. The lowest BCUT2D eigenvalue weighted by atomic mass is 10.0. The Labute approximate surface area is 156 Å². The number of carbonyl (C=O) groups excluding carboxylic acids is 2. The van der Waals surface area contributed by atoms with E-state index >= 15 is 0 Å². The molecule has 1 heterocycles. The van der Waals surface area contributed by atoms with Crippen LogP contribution in [0, 0.1) is 0 Å². The molecule has 1 aromatic heterocycles. The molecule has 1 N–H and O–H groups in total. The second-order valence-electron chi connectivity index (χ2n) is 5.84. The molecule has 0 radical (unpaired) electrons. The Morgan fingerprint density at radius 1 is 1.31 bits per heavy atom. The Morgan fingerprint density at radius 2 is 2.04 bits per heavy atom. The molecule has 0 saturated heterocycles. The highest BCUT2D eigenvalue weighted by Gasteiger charge is 2.19. The van der Waals surface area contributed by atoms with Crippen molar-refractivity contribution in [1.82, 2.24) is 25.5 Å². The van der Waals surface area contributed by atoms with Crippen molar-refractivity contribution in [3.05, 3.63) is 40.7 Å². The highest BCUT2D eigenvalue weighted by Crippen LogP contribution is 2.20. The molecule has 2 aromatic rings. The number of nitrogens with one attached hydrogen (secondary N) is 1. The summed E-state index contributed by atoms with van der Waals surface area (Å²) in [5, 5.41) is 14.7. The Morgan fingerprint density at radius 3 is 2.69 bits per heavy atom. The molecular formula is C17H22ClN5O3. The van der Waals surface area contributed by atoms with Crippen molar-refractivity contribution in [3.8, 4) is 0 Å². The van der Waals surface area contributed by atoms with E-state index in [1.54, 1.807) is 28.9 Å². The van der Waals surface area contributed by atoms with Crippen molar-refractivity contribution in [2.75, 3.05) is 0 Å². The van der Waals surface area contributed by atoms with E-state index in [0.29, 0.717) is 17.4 Å². The van der Waals surface area contributed by atoms with Crippen molar-refractivity contribution in [2.45, 2.75) is 52.3 Å². The van der Waals surface area contributed by atoms with Crippen molar-refractivity contribution in [2.24, 2.45) is 0 Å². The normalized spacial score (nSPS) is 11.8. The maximum atomic E-state index is 12.2. The van der Waals surface area contributed by atoms with Gasteiger partial charge in [0.1, 0.15) is 0 Å². The summed E-state index contributed by atoms with van der Waals surface area (Å²) in [6, 6.07) is 6.45. The Balaban J connectivity index is 1.95. The molecule has 0 bridgehead atoms. The van der Waals surface area contributed by atoms with Crippen LogP contribution >= 0.6 is 11.6 Å². The first kappa shape index (κ1) is 19.8. The molecule has 140 valence electrons. The van der Waals surface area contributed by atoms with E-state index in [-0.39, 0.29) is 18.9 Å². The Bertz CT molecular complexity index is 732. The van der Waals surface area contributed by atoms with Gasteiger partial charge in [-0.15, -0.1) is 5.10 Å². The van der Waals surface area contributed by atoms with E-state index in [4.69, 9.17) is 16.3 Å². The largest absolute Gasteiger partial charge is 0.457 e. The number of nitrogens with zero attached hydrogens (tertiary/aromatic N) is 4. The van der Waals surface area contributed by atoms with Gasteiger partial charge in [0.2, 0.25) is 5.91 Å². The number of hydrogen-bond donors (Lipinski definition) is 1. The fraction of sp³-hybridized carbons (Fsp3) is 0.471. The molecule has 0 aliphatic rings. The quantitative estimate of drug-likeness (QED) is 0.672. The number of aromatic nitrogens is 4. The predicted octanol–water partition coefficient (Wildman–Crippen LogP) is 2.44. The average molecular weight is 380 g/mol. The van der Waals surface area contributed by atoms with Crippen molar-refractivity contribution in [1.29, 1.82) is 0 Å². The van der Waals surface area contributed by atoms with E-state index in [1.807, 2.05) is 0 Å². The van der Waals surface area contributed by atoms with Crippen LogP contribution in [0.3, 0.4) is 0 Å². The van der Waals surface area contributed by atoms with E-state index in [1.165, 1.54) is 6.92 Å². The van der Waals surface area contributed by atoms with Crippen LogP contribution in [0.15, 0.2) is 24.3 Å². The maximum Gasteiger partial charge on any atom is 0.308 e. The van der Waals surface area contributed by atoms with Crippen LogP contribution in [0.1, 0.15) is 50.5 Å². The Hall–Kier alpha value is -2.48. The van der Waals surface area contributed by atoms with Gasteiger partial charge in [-0.05, 0) is 34.5 Å². The van der Waals surface area contributed by atoms with Gasteiger partial charge in [0.25, 0.3) is 0 Å². The summed E-state index contributed by atoms with van der Waals surface area (Å²) >= 11 is 5.89. The lowest BCUT2D eigenvalue weighted by molar-refractivity contribution is -0.146.